The Labute approximate surface area is 191 Å². The lowest BCUT2D eigenvalue weighted by Gasteiger charge is -2.22. The van der Waals surface area contributed by atoms with Crippen molar-refractivity contribution in [2.75, 3.05) is 34.4 Å². The van der Waals surface area contributed by atoms with Gasteiger partial charge in [0.2, 0.25) is 15.9 Å². The zero-order chi connectivity index (χ0) is 23.7. The number of sulfonamides is 1. The molecule has 9 heteroatoms. The van der Waals surface area contributed by atoms with Gasteiger partial charge in [-0.2, -0.15) is 4.72 Å². The Kier molecular flexibility index (Phi) is 9.49. The first kappa shape index (κ1) is 25.6. The van der Waals surface area contributed by atoms with Crippen LogP contribution < -0.4 is 19.5 Å². The standard InChI is InChI=1S/C23H33N3O5S/c1-17(2)22(25-32(28,29)21-12-10-19(30-5)11-13-21)23(27)24-16-18-6-8-20(9-7-18)31-15-14-26(3)4/h6-13,17,22,25H,14-16H2,1-5H3,(H,24,27)/t22-/m0/s1. The first-order valence-electron chi connectivity index (χ1n) is 10.4. The lowest BCUT2D eigenvalue weighted by molar-refractivity contribution is -0.123. The molecule has 0 aliphatic heterocycles. The average molecular weight is 464 g/mol. The first-order chi connectivity index (χ1) is 15.1. The Morgan fingerprint density at radius 3 is 2.12 bits per heavy atom. The minimum atomic E-state index is -3.86. The molecule has 0 fully saturated rings. The van der Waals surface area contributed by atoms with E-state index in [1.54, 1.807) is 26.0 Å². The highest BCUT2D eigenvalue weighted by Crippen LogP contribution is 2.17. The van der Waals surface area contributed by atoms with E-state index in [2.05, 4.69) is 10.0 Å². The van der Waals surface area contributed by atoms with Crippen LogP contribution in [0.5, 0.6) is 11.5 Å². The second-order valence-electron chi connectivity index (χ2n) is 8.03. The molecular weight excluding hydrogens is 430 g/mol. The van der Waals surface area contributed by atoms with Crippen molar-refractivity contribution in [2.45, 2.75) is 31.3 Å². The first-order valence-corrected chi connectivity index (χ1v) is 11.9. The third-order valence-electron chi connectivity index (χ3n) is 4.80. The Balaban J connectivity index is 1.96. The summed E-state index contributed by atoms with van der Waals surface area (Å²) in [4.78, 5) is 14.9. The monoisotopic (exact) mass is 463 g/mol. The van der Waals surface area contributed by atoms with Crippen molar-refractivity contribution in [1.29, 1.82) is 0 Å². The van der Waals surface area contributed by atoms with Crippen molar-refractivity contribution in [3.05, 3.63) is 54.1 Å². The van der Waals surface area contributed by atoms with Crippen LogP contribution >= 0.6 is 0 Å². The average Bonchev–Trinajstić information content (AvgIpc) is 2.76. The third kappa shape index (κ3) is 7.81. The van der Waals surface area contributed by atoms with E-state index in [1.807, 2.05) is 43.3 Å². The van der Waals surface area contributed by atoms with E-state index in [9.17, 15) is 13.2 Å². The van der Waals surface area contributed by atoms with Gasteiger partial charge in [-0.25, -0.2) is 8.42 Å². The number of carbonyl (C=O) groups is 1. The molecule has 0 spiro atoms. The van der Waals surface area contributed by atoms with Crippen LogP contribution in [0.1, 0.15) is 19.4 Å². The Bertz CT molecular complexity index is 958. The lowest BCUT2D eigenvalue weighted by Crippen LogP contribution is -2.49. The van der Waals surface area contributed by atoms with Crippen molar-refractivity contribution in [3.8, 4) is 11.5 Å². The molecule has 1 atom stereocenters. The number of nitrogens with one attached hydrogen (secondary N) is 2. The molecule has 0 radical (unpaired) electrons. The van der Waals surface area contributed by atoms with Gasteiger partial charge in [0.05, 0.1) is 12.0 Å². The van der Waals surface area contributed by atoms with Crippen LogP contribution in [0.4, 0.5) is 0 Å². The summed E-state index contributed by atoms with van der Waals surface area (Å²) in [6.07, 6.45) is 0. The van der Waals surface area contributed by atoms with E-state index in [0.29, 0.717) is 12.4 Å². The highest BCUT2D eigenvalue weighted by atomic mass is 32.2. The van der Waals surface area contributed by atoms with Crippen LogP contribution in [0.15, 0.2) is 53.4 Å². The zero-order valence-corrected chi connectivity index (χ0v) is 20.1. The van der Waals surface area contributed by atoms with Gasteiger partial charge < -0.3 is 19.7 Å². The number of hydrogen-bond acceptors (Lipinski definition) is 6. The molecule has 2 N–H and O–H groups in total. The minimum absolute atomic E-state index is 0.0709. The van der Waals surface area contributed by atoms with Gasteiger partial charge in [-0.05, 0) is 62.0 Å². The van der Waals surface area contributed by atoms with E-state index in [1.165, 1.54) is 19.2 Å². The van der Waals surface area contributed by atoms with Gasteiger partial charge in [0.15, 0.2) is 0 Å². The maximum absolute atomic E-state index is 12.8. The predicted molar refractivity (Wildman–Crippen MR) is 124 cm³/mol. The molecule has 0 aliphatic carbocycles. The van der Waals surface area contributed by atoms with Crippen LogP contribution in [0, 0.1) is 5.92 Å². The van der Waals surface area contributed by atoms with E-state index >= 15 is 0 Å². The second kappa shape index (κ2) is 11.8. The highest BCUT2D eigenvalue weighted by molar-refractivity contribution is 7.89. The Morgan fingerprint density at radius 2 is 1.59 bits per heavy atom. The second-order valence-corrected chi connectivity index (χ2v) is 9.75. The zero-order valence-electron chi connectivity index (χ0n) is 19.3. The third-order valence-corrected chi connectivity index (χ3v) is 6.26. The molecule has 32 heavy (non-hydrogen) atoms. The molecule has 2 rings (SSSR count). The summed E-state index contributed by atoms with van der Waals surface area (Å²) in [7, 11) is 1.61. The number of ether oxygens (including phenoxy) is 2. The highest BCUT2D eigenvalue weighted by Gasteiger charge is 2.28. The fourth-order valence-corrected chi connectivity index (χ4v) is 4.18. The minimum Gasteiger partial charge on any atom is -0.497 e. The molecule has 0 saturated heterocycles. The molecule has 8 nitrogen and oxygen atoms in total. The number of rotatable bonds is 12. The van der Waals surface area contributed by atoms with Crippen molar-refractivity contribution in [2.24, 2.45) is 5.92 Å². The van der Waals surface area contributed by atoms with Crippen LogP contribution in [0.2, 0.25) is 0 Å². The summed E-state index contributed by atoms with van der Waals surface area (Å²) in [6.45, 7) is 5.28. The van der Waals surface area contributed by atoms with Crippen molar-refractivity contribution in [1.82, 2.24) is 14.9 Å². The van der Waals surface area contributed by atoms with E-state index in [-0.39, 0.29) is 23.3 Å². The molecule has 0 unspecified atom stereocenters. The maximum atomic E-state index is 12.8. The van der Waals surface area contributed by atoms with Crippen molar-refractivity contribution >= 4 is 15.9 Å². The Hall–Kier alpha value is -2.62. The quantitative estimate of drug-likeness (QED) is 0.501. The molecule has 0 saturated carbocycles. The fourth-order valence-electron chi connectivity index (χ4n) is 2.83. The van der Waals surface area contributed by atoms with E-state index in [4.69, 9.17) is 9.47 Å². The van der Waals surface area contributed by atoms with Crippen LogP contribution in [-0.4, -0.2) is 59.6 Å². The maximum Gasteiger partial charge on any atom is 0.241 e. The summed E-state index contributed by atoms with van der Waals surface area (Å²) in [6, 6.07) is 12.5. The van der Waals surface area contributed by atoms with Gasteiger partial charge in [-0.1, -0.05) is 26.0 Å². The van der Waals surface area contributed by atoms with Crippen molar-refractivity contribution in [3.63, 3.8) is 0 Å². The van der Waals surface area contributed by atoms with E-state index < -0.39 is 16.1 Å². The molecule has 1 amide bonds. The van der Waals surface area contributed by atoms with Gasteiger partial charge in [0, 0.05) is 13.1 Å². The number of nitrogens with zero attached hydrogens (tertiary/aromatic N) is 1. The molecule has 0 heterocycles. The van der Waals surface area contributed by atoms with Gasteiger partial charge >= 0.3 is 0 Å². The summed E-state index contributed by atoms with van der Waals surface area (Å²) in [5, 5.41) is 2.82. The number of likely N-dealkylation sites (N-methyl/N-ethyl adjacent to an activating group) is 1. The van der Waals surface area contributed by atoms with Crippen LogP contribution in [0.25, 0.3) is 0 Å². The topological polar surface area (TPSA) is 97.0 Å². The van der Waals surface area contributed by atoms with Gasteiger partial charge in [-0.3, -0.25) is 4.79 Å². The summed E-state index contributed by atoms with van der Waals surface area (Å²) in [5.41, 5.74) is 0.888. The van der Waals surface area contributed by atoms with E-state index in [0.717, 1.165) is 17.9 Å². The molecule has 0 aliphatic rings. The normalized spacial score (nSPS) is 12.6. The fraction of sp³-hybridized carbons (Fsp3) is 0.435. The van der Waals surface area contributed by atoms with Crippen molar-refractivity contribution < 1.29 is 22.7 Å². The summed E-state index contributed by atoms with van der Waals surface area (Å²) >= 11 is 0. The van der Waals surface area contributed by atoms with Crippen LogP contribution in [-0.2, 0) is 21.4 Å². The lowest BCUT2D eigenvalue weighted by atomic mass is 10.0. The number of amides is 1. The number of benzene rings is 2. The number of hydrogen-bond donors (Lipinski definition) is 2. The number of carbonyl (C=O) groups excluding carboxylic acids is 1. The van der Waals surface area contributed by atoms with Crippen LogP contribution in [0.3, 0.4) is 0 Å². The SMILES string of the molecule is COc1ccc(S(=O)(=O)N[C@H](C(=O)NCc2ccc(OCCN(C)C)cc2)C(C)C)cc1. The molecule has 0 bridgehead atoms. The number of methoxy groups -OCH3 is 1. The molecular formula is C23H33N3O5S. The van der Waals surface area contributed by atoms with Gasteiger partial charge in [0.1, 0.15) is 24.1 Å². The van der Waals surface area contributed by atoms with Gasteiger partial charge in [0.25, 0.3) is 0 Å². The predicted octanol–water partition coefficient (Wildman–Crippen LogP) is 2.25. The molecule has 176 valence electrons. The smallest absolute Gasteiger partial charge is 0.241 e. The largest absolute Gasteiger partial charge is 0.497 e. The molecule has 2 aromatic rings. The summed E-state index contributed by atoms with van der Waals surface area (Å²) < 4.78 is 38.7. The Morgan fingerprint density at radius 1 is 1.00 bits per heavy atom. The van der Waals surface area contributed by atoms with Gasteiger partial charge in [-0.15, -0.1) is 0 Å². The molecule has 0 aromatic heterocycles. The molecule has 2 aromatic carbocycles. The summed E-state index contributed by atoms with van der Waals surface area (Å²) in [5.74, 6) is 0.685.